The van der Waals surface area contributed by atoms with Crippen molar-refractivity contribution in [1.29, 1.82) is 0 Å². The summed E-state index contributed by atoms with van der Waals surface area (Å²) in [7, 11) is 1.51. The molecule has 1 aromatic heterocycles. The van der Waals surface area contributed by atoms with Gasteiger partial charge in [-0.2, -0.15) is 0 Å². The van der Waals surface area contributed by atoms with Crippen LogP contribution in [0, 0.1) is 5.82 Å². The number of carbonyl (C=O) groups is 1. The zero-order valence-electron chi connectivity index (χ0n) is 9.18. The number of halogens is 1. The van der Waals surface area contributed by atoms with Crippen LogP contribution in [0.4, 0.5) is 4.39 Å². The summed E-state index contributed by atoms with van der Waals surface area (Å²) < 4.78 is 18.1. The van der Waals surface area contributed by atoms with Crippen LogP contribution in [-0.4, -0.2) is 18.4 Å². The van der Waals surface area contributed by atoms with E-state index in [9.17, 15) is 9.18 Å². The van der Waals surface area contributed by atoms with Crippen LogP contribution in [-0.2, 0) is 0 Å². The highest BCUT2D eigenvalue weighted by atomic mass is 19.1. The van der Waals surface area contributed by atoms with Crippen LogP contribution in [0.15, 0.2) is 36.7 Å². The molecular weight excluding hydrogens is 221 g/mol. The fourth-order valence-corrected chi connectivity index (χ4v) is 1.54. The first-order chi connectivity index (χ1) is 8.22. The molecule has 0 spiro atoms. The summed E-state index contributed by atoms with van der Waals surface area (Å²) in [6, 6.07) is 6.36. The van der Waals surface area contributed by atoms with Gasteiger partial charge in [0.25, 0.3) is 0 Å². The van der Waals surface area contributed by atoms with E-state index in [0.717, 1.165) is 12.5 Å². The summed E-state index contributed by atoms with van der Waals surface area (Å²) in [5.74, 6) is 0.131. The van der Waals surface area contributed by atoms with E-state index in [1.807, 2.05) is 0 Å². The molecule has 2 aromatic rings. The molecule has 0 aliphatic rings. The number of benzene rings is 1. The number of hydrogen-bond donors (Lipinski definition) is 0. The van der Waals surface area contributed by atoms with E-state index in [4.69, 9.17) is 4.74 Å². The van der Waals surface area contributed by atoms with Crippen LogP contribution in [0.2, 0.25) is 0 Å². The van der Waals surface area contributed by atoms with E-state index in [2.05, 4.69) is 4.98 Å². The van der Waals surface area contributed by atoms with Crippen molar-refractivity contribution < 1.29 is 13.9 Å². The predicted octanol–water partition coefficient (Wildman–Crippen LogP) is 2.71. The van der Waals surface area contributed by atoms with Crippen LogP contribution in [0.25, 0.3) is 11.1 Å². The second-order valence-electron chi connectivity index (χ2n) is 3.50. The summed E-state index contributed by atoms with van der Waals surface area (Å²) in [5.41, 5.74) is 1.77. The Morgan fingerprint density at radius 2 is 2.00 bits per heavy atom. The molecule has 0 N–H and O–H groups in total. The second-order valence-corrected chi connectivity index (χ2v) is 3.50. The molecule has 0 unspecified atom stereocenters. The number of hydrogen-bond acceptors (Lipinski definition) is 3. The Labute approximate surface area is 97.9 Å². The summed E-state index contributed by atoms with van der Waals surface area (Å²) in [5, 5.41) is 0. The van der Waals surface area contributed by atoms with Gasteiger partial charge >= 0.3 is 0 Å². The quantitative estimate of drug-likeness (QED) is 0.762. The Balaban J connectivity index is 2.54. The average Bonchev–Trinajstić information content (AvgIpc) is 2.38. The van der Waals surface area contributed by atoms with Crippen molar-refractivity contribution >= 4 is 6.29 Å². The molecule has 0 fully saturated rings. The fourth-order valence-electron chi connectivity index (χ4n) is 1.54. The maximum atomic E-state index is 13.1. The van der Waals surface area contributed by atoms with E-state index in [0.29, 0.717) is 22.4 Å². The third-order valence-electron chi connectivity index (χ3n) is 2.34. The molecular formula is C13H10FNO2. The van der Waals surface area contributed by atoms with Gasteiger partial charge in [0.05, 0.1) is 13.3 Å². The van der Waals surface area contributed by atoms with Gasteiger partial charge in [0.2, 0.25) is 0 Å². The number of methoxy groups -OCH3 is 1. The highest BCUT2D eigenvalue weighted by molar-refractivity contribution is 5.80. The Hall–Kier alpha value is -2.23. The molecule has 0 aliphatic carbocycles. The zero-order chi connectivity index (χ0) is 12.3. The fraction of sp³-hybridized carbons (Fsp3) is 0.0769. The maximum absolute atomic E-state index is 13.1. The summed E-state index contributed by atoms with van der Waals surface area (Å²) in [6.07, 6.45) is 3.38. The number of carbonyl (C=O) groups excluding carboxylic acids is 1. The number of nitrogens with zero attached hydrogens (tertiary/aromatic N) is 1. The van der Waals surface area contributed by atoms with Crippen molar-refractivity contribution in [2.75, 3.05) is 7.11 Å². The number of pyridine rings is 1. The highest BCUT2D eigenvalue weighted by Gasteiger charge is 2.04. The Morgan fingerprint density at radius 3 is 2.65 bits per heavy atom. The van der Waals surface area contributed by atoms with E-state index in [1.54, 1.807) is 18.2 Å². The molecule has 4 heteroatoms. The van der Waals surface area contributed by atoms with Gasteiger partial charge < -0.3 is 4.74 Å². The summed E-state index contributed by atoms with van der Waals surface area (Å²) >= 11 is 0. The molecule has 0 aliphatic heterocycles. The van der Waals surface area contributed by atoms with Gasteiger partial charge in [-0.1, -0.05) is 0 Å². The average molecular weight is 231 g/mol. The van der Waals surface area contributed by atoms with Crippen molar-refractivity contribution in [3.05, 3.63) is 48.0 Å². The number of ether oxygens (including phenoxy) is 1. The van der Waals surface area contributed by atoms with Crippen LogP contribution in [0.1, 0.15) is 10.4 Å². The zero-order valence-corrected chi connectivity index (χ0v) is 9.18. The number of aldehydes is 1. The van der Waals surface area contributed by atoms with Gasteiger partial charge in [-0.15, -0.1) is 0 Å². The van der Waals surface area contributed by atoms with Crippen molar-refractivity contribution in [3.8, 4) is 16.9 Å². The largest absolute Gasteiger partial charge is 0.497 e. The van der Waals surface area contributed by atoms with Gasteiger partial charge in [-0.3, -0.25) is 9.78 Å². The standard InChI is InChI=1S/C13H10FNO2/c1-17-13-3-9(8-16)2-10(5-13)11-4-12(14)7-15-6-11/h2-8H,1H3. The third kappa shape index (κ3) is 2.47. The van der Waals surface area contributed by atoms with Crippen LogP contribution in [0.5, 0.6) is 5.75 Å². The molecule has 0 atom stereocenters. The molecule has 0 amide bonds. The molecule has 0 radical (unpaired) electrons. The Kier molecular flexibility index (Phi) is 3.14. The summed E-state index contributed by atoms with van der Waals surface area (Å²) in [4.78, 5) is 14.5. The van der Waals surface area contributed by atoms with Crippen LogP contribution < -0.4 is 4.74 Å². The van der Waals surface area contributed by atoms with Gasteiger partial charge in [-0.05, 0) is 29.8 Å². The molecule has 0 saturated heterocycles. The van der Waals surface area contributed by atoms with E-state index < -0.39 is 5.82 Å². The topological polar surface area (TPSA) is 39.2 Å². The smallest absolute Gasteiger partial charge is 0.150 e. The monoisotopic (exact) mass is 231 g/mol. The minimum absolute atomic E-state index is 0.419. The molecule has 86 valence electrons. The number of rotatable bonds is 3. The first-order valence-corrected chi connectivity index (χ1v) is 4.98. The molecule has 3 nitrogen and oxygen atoms in total. The lowest BCUT2D eigenvalue weighted by Gasteiger charge is -2.06. The number of aromatic nitrogens is 1. The first-order valence-electron chi connectivity index (χ1n) is 4.98. The van der Waals surface area contributed by atoms with Gasteiger partial charge in [0.1, 0.15) is 17.9 Å². The second kappa shape index (κ2) is 4.74. The lowest BCUT2D eigenvalue weighted by molar-refractivity contribution is 0.112. The van der Waals surface area contributed by atoms with Gasteiger partial charge in [0, 0.05) is 17.3 Å². The minimum atomic E-state index is -0.419. The summed E-state index contributed by atoms with van der Waals surface area (Å²) in [6.45, 7) is 0. The van der Waals surface area contributed by atoms with Crippen LogP contribution >= 0.6 is 0 Å². The maximum Gasteiger partial charge on any atom is 0.150 e. The molecule has 0 saturated carbocycles. The Bertz CT molecular complexity index is 555. The normalized spacial score (nSPS) is 10.0. The van der Waals surface area contributed by atoms with Crippen molar-refractivity contribution in [1.82, 2.24) is 4.98 Å². The molecule has 1 heterocycles. The third-order valence-corrected chi connectivity index (χ3v) is 2.34. The van der Waals surface area contributed by atoms with E-state index in [-0.39, 0.29) is 0 Å². The lowest BCUT2D eigenvalue weighted by Crippen LogP contribution is -1.89. The molecule has 1 aromatic carbocycles. The SMILES string of the molecule is COc1cc(C=O)cc(-c2cncc(F)c2)c1. The first kappa shape index (κ1) is 11.3. The van der Waals surface area contributed by atoms with E-state index >= 15 is 0 Å². The molecule has 0 bridgehead atoms. The van der Waals surface area contributed by atoms with Gasteiger partial charge in [-0.25, -0.2) is 4.39 Å². The lowest BCUT2D eigenvalue weighted by atomic mass is 10.0. The minimum Gasteiger partial charge on any atom is -0.497 e. The highest BCUT2D eigenvalue weighted by Crippen LogP contribution is 2.25. The van der Waals surface area contributed by atoms with Gasteiger partial charge in [0.15, 0.2) is 0 Å². The van der Waals surface area contributed by atoms with Crippen molar-refractivity contribution in [2.24, 2.45) is 0 Å². The predicted molar refractivity (Wildman–Crippen MR) is 61.6 cm³/mol. The van der Waals surface area contributed by atoms with Crippen LogP contribution in [0.3, 0.4) is 0 Å². The van der Waals surface area contributed by atoms with Crippen molar-refractivity contribution in [2.45, 2.75) is 0 Å². The van der Waals surface area contributed by atoms with E-state index in [1.165, 1.54) is 19.4 Å². The molecule has 2 rings (SSSR count). The van der Waals surface area contributed by atoms with Crippen molar-refractivity contribution in [3.63, 3.8) is 0 Å². The molecule has 17 heavy (non-hydrogen) atoms. The Morgan fingerprint density at radius 1 is 1.18 bits per heavy atom.